The van der Waals surface area contributed by atoms with E-state index in [4.69, 9.17) is 4.74 Å². The minimum atomic E-state index is -0.269. The molecule has 3 rings (SSSR count). The molecule has 2 aromatic heterocycles. The van der Waals surface area contributed by atoms with Gasteiger partial charge in [-0.2, -0.15) is 5.10 Å². The largest absolute Gasteiger partial charge is 0.368 e. The number of aryl methyl sites for hydroxylation is 2. The highest BCUT2D eigenvalue weighted by atomic mass is 16.5. The zero-order valence-corrected chi connectivity index (χ0v) is 16.1. The molecule has 0 bridgehead atoms. The number of carbonyl (C=O) groups excluding carboxylic acids is 1. The van der Waals surface area contributed by atoms with Crippen LogP contribution in [0.2, 0.25) is 0 Å². The molecule has 1 aliphatic heterocycles. The van der Waals surface area contributed by atoms with Crippen molar-refractivity contribution in [3.63, 3.8) is 0 Å². The SMILES string of the molecule is Cc1nn(C)c(C)c1CC(=O)N1CCO[C@H](c2nccnc2N(C)C)C1. The molecule has 2 aromatic rings. The van der Waals surface area contributed by atoms with Crippen LogP contribution in [0.1, 0.15) is 28.7 Å². The zero-order valence-electron chi connectivity index (χ0n) is 16.1. The lowest BCUT2D eigenvalue weighted by atomic mass is 10.1. The van der Waals surface area contributed by atoms with Gasteiger partial charge < -0.3 is 14.5 Å². The smallest absolute Gasteiger partial charge is 0.227 e. The Morgan fingerprint density at radius 3 is 2.69 bits per heavy atom. The second-order valence-electron chi connectivity index (χ2n) is 6.81. The van der Waals surface area contributed by atoms with Gasteiger partial charge in [0, 0.05) is 51.3 Å². The number of anilines is 1. The monoisotopic (exact) mass is 358 g/mol. The van der Waals surface area contributed by atoms with Crippen LogP contribution in [0.5, 0.6) is 0 Å². The molecule has 0 N–H and O–H groups in total. The van der Waals surface area contributed by atoms with E-state index < -0.39 is 0 Å². The molecule has 3 heterocycles. The summed E-state index contributed by atoms with van der Waals surface area (Å²) < 4.78 is 7.72. The zero-order chi connectivity index (χ0) is 18.8. The third-order valence-corrected chi connectivity index (χ3v) is 4.84. The van der Waals surface area contributed by atoms with E-state index in [2.05, 4.69) is 15.1 Å². The van der Waals surface area contributed by atoms with Gasteiger partial charge in [-0.3, -0.25) is 14.5 Å². The molecular weight excluding hydrogens is 332 g/mol. The van der Waals surface area contributed by atoms with E-state index in [0.717, 1.165) is 28.5 Å². The van der Waals surface area contributed by atoms with Crippen LogP contribution < -0.4 is 4.90 Å². The Morgan fingerprint density at radius 1 is 1.31 bits per heavy atom. The maximum Gasteiger partial charge on any atom is 0.227 e. The van der Waals surface area contributed by atoms with Crippen molar-refractivity contribution in [3.8, 4) is 0 Å². The van der Waals surface area contributed by atoms with Crippen molar-refractivity contribution in [2.45, 2.75) is 26.4 Å². The van der Waals surface area contributed by atoms with Crippen LogP contribution in [-0.2, 0) is 23.0 Å². The van der Waals surface area contributed by atoms with Crippen LogP contribution in [0.3, 0.4) is 0 Å². The van der Waals surface area contributed by atoms with Gasteiger partial charge in [-0.05, 0) is 13.8 Å². The van der Waals surface area contributed by atoms with E-state index in [1.54, 1.807) is 12.4 Å². The minimum Gasteiger partial charge on any atom is -0.368 e. The summed E-state index contributed by atoms with van der Waals surface area (Å²) in [5.74, 6) is 0.860. The highest BCUT2D eigenvalue weighted by molar-refractivity contribution is 5.79. The molecule has 1 aliphatic rings. The molecular formula is C18H26N6O2. The van der Waals surface area contributed by atoms with E-state index in [-0.39, 0.29) is 12.0 Å². The highest BCUT2D eigenvalue weighted by Crippen LogP contribution is 2.27. The predicted octanol–water partition coefficient (Wildman–Crippen LogP) is 1.04. The normalized spacial score (nSPS) is 17.4. The quantitative estimate of drug-likeness (QED) is 0.813. The third kappa shape index (κ3) is 3.55. The summed E-state index contributed by atoms with van der Waals surface area (Å²) in [6.07, 6.45) is 3.42. The molecule has 0 aromatic carbocycles. The lowest BCUT2D eigenvalue weighted by Crippen LogP contribution is -2.43. The molecule has 0 radical (unpaired) electrons. The van der Waals surface area contributed by atoms with E-state index in [0.29, 0.717) is 26.1 Å². The minimum absolute atomic E-state index is 0.0905. The Balaban J connectivity index is 1.75. The van der Waals surface area contributed by atoms with Crippen molar-refractivity contribution >= 4 is 11.7 Å². The fraction of sp³-hybridized carbons (Fsp3) is 0.556. The van der Waals surface area contributed by atoms with Crippen LogP contribution in [0, 0.1) is 13.8 Å². The molecule has 0 saturated carbocycles. The highest BCUT2D eigenvalue weighted by Gasteiger charge is 2.29. The first-order chi connectivity index (χ1) is 12.4. The maximum atomic E-state index is 12.9. The summed E-state index contributed by atoms with van der Waals surface area (Å²) in [7, 11) is 5.75. The average Bonchev–Trinajstić information content (AvgIpc) is 2.88. The molecule has 0 unspecified atom stereocenters. The van der Waals surface area contributed by atoms with Gasteiger partial charge in [0.05, 0.1) is 25.3 Å². The van der Waals surface area contributed by atoms with Crippen molar-refractivity contribution in [1.29, 1.82) is 0 Å². The van der Waals surface area contributed by atoms with Crippen LogP contribution in [0.15, 0.2) is 12.4 Å². The number of aromatic nitrogens is 4. The van der Waals surface area contributed by atoms with Crippen molar-refractivity contribution in [3.05, 3.63) is 35.0 Å². The Bertz CT molecular complexity index is 801. The Labute approximate surface area is 153 Å². The van der Waals surface area contributed by atoms with E-state index >= 15 is 0 Å². The number of carbonyl (C=O) groups is 1. The molecule has 1 atom stereocenters. The van der Waals surface area contributed by atoms with E-state index in [1.807, 2.05) is 49.5 Å². The van der Waals surface area contributed by atoms with Crippen molar-refractivity contribution < 1.29 is 9.53 Å². The molecule has 1 amide bonds. The second kappa shape index (κ2) is 7.41. The maximum absolute atomic E-state index is 12.9. The summed E-state index contributed by atoms with van der Waals surface area (Å²) in [5.41, 5.74) is 3.72. The van der Waals surface area contributed by atoms with Gasteiger partial charge in [-0.25, -0.2) is 4.98 Å². The Hall–Kier alpha value is -2.48. The predicted molar refractivity (Wildman–Crippen MR) is 98.0 cm³/mol. The first-order valence-electron chi connectivity index (χ1n) is 8.75. The first-order valence-corrected chi connectivity index (χ1v) is 8.75. The van der Waals surface area contributed by atoms with Crippen molar-refractivity contribution in [1.82, 2.24) is 24.6 Å². The van der Waals surface area contributed by atoms with Gasteiger partial charge in [0.2, 0.25) is 5.91 Å². The standard InChI is InChI=1S/C18H26N6O2/c1-12-14(13(2)23(5)21-12)10-16(25)24-8-9-26-15(11-24)17-18(22(3)4)20-7-6-19-17/h6-7,15H,8-11H2,1-5H3/t15-/m0/s1. The molecule has 0 spiro atoms. The lowest BCUT2D eigenvalue weighted by Gasteiger charge is -2.33. The van der Waals surface area contributed by atoms with Crippen LogP contribution in [0.25, 0.3) is 0 Å². The van der Waals surface area contributed by atoms with Crippen molar-refractivity contribution in [2.75, 3.05) is 38.7 Å². The van der Waals surface area contributed by atoms with Crippen molar-refractivity contribution in [2.24, 2.45) is 7.05 Å². The fourth-order valence-electron chi connectivity index (χ4n) is 3.29. The Kier molecular flexibility index (Phi) is 5.22. The van der Waals surface area contributed by atoms with Gasteiger partial charge in [-0.1, -0.05) is 0 Å². The van der Waals surface area contributed by atoms with Gasteiger partial charge in [-0.15, -0.1) is 0 Å². The molecule has 8 nitrogen and oxygen atoms in total. The van der Waals surface area contributed by atoms with Crippen LogP contribution in [-0.4, -0.2) is 64.3 Å². The first kappa shape index (κ1) is 18.3. The van der Waals surface area contributed by atoms with Crippen LogP contribution in [0.4, 0.5) is 5.82 Å². The van der Waals surface area contributed by atoms with E-state index in [9.17, 15) is 4.79 Å². The van der Waals surface area contributed by atoms with E-state index in [1.165, 1.54) is 0 Å². The lowest BCUT2D eigenvalue weighted by molar-refractivity contribution is -0.138. The molecule has 1 fully saturated rings. The summed E-state index contributed by atoms with van der Waals surface area (Å²) in [6.45, 7) is 5.50. The number of amides is 1. The summed E-state index contributed by atoms with van der Waals surface area (Å²) >= 11 is 0. The number of morpholine rings is 1. The molecule has 26 heavy (non-hydrogen) atoms. The molecule has 140 valence electrons. The van der Waals surface area contributed by atoms with Gasteiger partial charge >= 0.3 is 0 Å². The number of nitrogens with zero attached hydrogens (tertiary/aromatic N) is 6. The molecule has 8 heteroatoms. The summed E-state index contributed by atoms with van der Waals surface area (Å²) in [4.78, 5) is 25.5. The Morgan fingerprint density at radius 2 is 2.04 bits per heavy atom. The number of hydrogen-bond acceptors (Lipinski definition) is 6. The summed E-state index contributed by atoms with van der Waals surface area (Å²) in [6, 6.07) is 0. The topological polar surface area (TPSA) is 76.4 Å². The number of rotatable bonds is 4. The van der Waals surface area contributed by atoms with Crippen LogP contribution >= 0.6 is 0 Å². The van der Waals surface area contributed by atoms with Gasteiger partial charge in [0.15, 0.2) is 5.82 Å². The number of hydrogen-bond donors (Lipinski definition) is 0. The second-order valence-corrected chi connectivity index (χ2v) is 6.81. The molecule has 1 saturated heterocycles. The number of ether oxygens (including phenoxy) is 1. The summed E-state index contributed by atoms with van der Waals surface area (Å²) in [5, 5.41) is 4.40. The van der Waals surface area contributed by atoms with Gasteiger partial charge in [0.1, 0.15) is 11.8 Å². The van der Waals surface area contributed by atoms with Gasteiger partial charge in [0.25, 0.3) is 0 Å². The average molecular weight is 358 g/mol. The fourth-order valence-corrected chi connectivity index (χ4v) is 3.29. The third-order valence-electron chi connectivity index (χ3n) is 4.84. The molecule has 0 aliphatic carbocycles.